The molecule has 0 bridgehead atoms. The van der Waals surface area contributed by atoms with E-state index in [0.29, 0.717) is 24.7 Å². The van der Waals surface area contributed by atoms with Crippen molar-refractivity contribution in [2.45, 2.75) is 17.7 Å². The molecule has 0 spiro atoms. The lowest BCUT2D eigenvalue weighted by atomic mass is 10.0. The van der Waals surface area contributed by atoms with Gasteiger partial charge in [-0.15, -0.1) is 0 Å². The van der Waals surface area contributed by atoms with Crippen LogP contribution in [0.15, 0.2) is 23.1 Å². The molecule has 2 N–H and O–H groups in total. The van der Waals surface area contributed by atoms with Crippen molar-refractivity contribution in [3.05, 3.63) is 28.2 Å². The fourth-order valence-electron chi connectivity index (χ4n) is 2.22. The second kappa shape index (κ2) is 5.97. The molecule has 1 unspecified atom stereocenters. The van der Waals surface area contributed by atoms with E-state index in [1.165, 1.54) is 22.5 Å². The molecule has 1 aliphatic rings. The van der Waals surface area contributed by atoms with Crippen molar-refractivity contribution >= 4 is 33.2 Å². The fraction of sp³-hybridized carbons (Fsp3) is 0.500. The predicted molar refractivity (Wildman–Crippen MR) is 77.0 cm³/mol. The summed E-state index contributed by atoms with van der Waals surface area (Å²) < 4.78 is 26.5. The first kappa shape index (κ1) is 15.1. The van der Waals surface area contributed by atoms with Crippen LogP contribution < -0.4 is 5.73 Å². The van der Waals surface area contributed by atoms with Gasteiger partial charge < -0.3 is 5.73 Å². The highest BCUT2D eigenvalue weighted by molar-refractivity contribution is 7.89. The van der Waals surface area contributed by atoms with E-state index in [0.717, 1.165) is 12.8 Å². The van der Waals surface area contributed by atoms with E-state index in [1.807, 2.05) is 0 Å². The monoisotopic (exact) mass is 322 g/mol. The Kier molecular flexibility index (Phi) is 4.74. The van der Waals surface area contributed by atoms with Crippen LogP contribution in [-0.4, -0.2) is 32.4 Å². The van der Waals surface area contributed by atoms with E-state index >= 15 is 0 Å². The van der Waals surface area contributed by atoms with E-state index in [1.54, 1.807) is 0 Å². The topological polar surface area (TPSA) is 63.4 Å². The highest BCUT2D eigenvalue weighted by Gasteiger charge is 2.29. The molecule has 0 saturated carbocycles. The predicted octanol–water partition coefficient (Wildman–Crippen LogP) is 2.35. The lowest BCUT2D eigenvalue weighted by Gasteiger charge is -2.31. The van der Waals surface area contributed by atoms with Gasteiger partial charge in [0, 0.05) is 13.1 Å². The third kappa shape index (κ3) is 3.23. The number of nitrogens with two attached hydrogens (primary N) is 1. The summed E-state index contributed by atoms with van der Waals surface area (Å²) in [4.78, 5) is 0.180. The SMILES string of the molecule is NCC1CCCN(S(=O)(=O)c2ccc(Cl)c(Cl)c2)C1. The van der Waals surface area contributed by atoms with Gasteiger partial charge in [0.25, 0.3) is 0 Å². The van der Waals surface area contributed by atoms with E-state index in [9.17, 15) is 8.42 Å². The second-order valence-electron chi connectivity index (χ2n) is 4.68. The molecular weight excluding hydrogens is 307 g/mol. The molecule has 4 nitrogen and oxygen atoms in total. The summed E-state index contributed by atoms with van der Waals surface area (Å²) in [6, 6.07) is 4.38. The van der Waals surface area contributed by atoms with Gasteiger partial charge in [-0.1, -0.05) is 23.2 Å². The van der Waals surface area contributed by atoms with Gasteiger partial charge in [0.15, 0.2) is 0 Å². The molecule has 1 aromatic carbocycles. The maximum Gasteiger partial charge on any atom is 0.243 e. The minimum atomic E-state index is -3.51. The summed E-state index contributed by atoms with van der Waals surface area (Å²) in [7, 11) is -3.51. The number of hydrogen-bond acceptors (Lipinski definition) is 3. The molecular formula is C12H16Cl2N2O2S. The summed E-state index contributed by atoms with van der Waals surface area (Å²) in [5.74, 6) is 0.228. The summed E-state index contributed by atoms with van der Waals surface area (Å²) in [6.07, 6.45) is 1.81. The molecule has 2 rings (SSSR count). The minimum absolute atomic E-state index is 0.180. The first-order valence-electron chi connectivity index (χ1n) is 6.10. The Morgan fingerprint density at radius 1 is 1.32 bits per heavy atom. The molecule has 1 aliphatic heterocycles. The quantitative estimate of drug-likeness (QED) is 0.929. The van der Waals surface area contributed by atoms with Crippen LogP contribution in [0.25, 0.3) is 0 Å². The number of sulfonamides is 1. The van der Waals surface area contributed by atoms with Gasteiger partial charge in [-0.2, -0.15) is 4.31 Å². The zero-order chi connectivity index (χ0) is 14.0. The molecule has 0 aliphatic carbocycles. The number of hydrogen-bond donors (Lipinski definition) is 1. The Morgan fingerprint density at radius 3 is 2.68 bits per heavy atom. The third-order valence-corrected chi connectivity index (χ3v) is 5.94. The van der Waals surface area contributed by atoms with Gasteiger partial charge in [-0.05, 0) is 43.5 Å². The van der Waals surface area contributed by atoms with Crippen LogP contribution in [0.4, 0.5) is 0 Å². The molecule has 1 heterocycles. The van der Waals surface area contributed by atoms with Crippen molar-refractivity contribution in [2.75, 3.05) is 19.6 Å². The number of benzene rings is 1. The summed E-state index contributed by atoms with van der Waals surface area (Å²) in [5, 5.41) is 0.592. The highest BCUT2D eigenvalue weighted by Crippen LogP contribution is 2.28. The zero-order valence-corrected chi connectivity index (χ0v) is 12.7. The fourth-order valence-corrected chi connectivity index (χ4v) is 4.17. The van der Waals surface area contributed by atoms with Gasteiger partial charge in [0.1, 0.15) is 0 Å². The summed E-state index contributed by atoms with van der Waals surface area (Å²) >= 11 is 11.7. The maximum absolute atomic E-state index is 12.5. The molecule has 1 atom stereocenters. The molecule has 106 valence electrons. The van der Waals surface area contributed by atoms with Gasteiger partial charge >= 0.3 is 0 Å². The van der Waals surface area contributed by atoms with Crippen LogP contribution in [-0.2, 0) is 10.0 Å². The number of halogens is 2. The van der Waals surface area contributed by atoms with Crippen molar-refractivity contribution in [3.8, 4) is 0 Å². The summed E-state index contributed by atoms with van der Waals surface area (Å²) in [6.45, 7) is 1.51. The van der Waals surface area contributed by atoms with E-state index in [-0.39, 0.29) is 15.8 Å². The molecule has 1 saturated heterocycles. The van der Waals surface area contributed by atoms with Crippen LogP contribution >= 0.6 is 23.2 Å². The number of rotatable bonds is 3. The first-order valence-corrected chi connectivity index (χ1v) is 8.30. The normalized spacial score (nSPS) is 21.5. The van der Waals surface area contributed by atoms with Crippen molar-refractivity contribution in [2.24, 2.45) is 11.7 Å². The van der Waals surface area contributed by atoms with E-state index in [2.05, 4.69) is 0 Å². The minimum Gasteiger partial charge on any atom is -0.330 e. The van der Waals surface area contributed by atoms with Crippen LogP contribution in [0.2, 0.25) is 10.0 Å². The second-order valence-corrected chi connectivity index (χ2v) is 7.44. The molecule has 0 amide bonds. The van der Waals surface area contributed by atoms with Crippen LogP contribution in [0.5, 0.6) is 0 Å². The van der Waals surface area contributed by atoms with E-state index in [4.69, 9.17) is 28.9 Å². The lowest BCUT2D eigenvalue weighted by molar-refractivity contribution is 0.271. The van der Waals surface area contributed by atoms with Crippen molar-refractivity contribution in [1.29, 1.82) is 0 Å². The standard InChI is InChI=1S/C12H16Cl2N2O2S/c13-11-4-3-10(6-12(11)14)19(17,18)16-5-1-2-9(7-15)8-16/h3-4,6,9H,1-2,5,7-8,15H2. The van der Waals surface area contributed by atoms with Crippen LogP contribution in [0.3, 0.4) is 0 Å². The van der Waals surface area contributed by atoms with Crippen molar-refractivity contribution in [1.82, 2.24) is 4.31 Å². The lowest BCUT2D eigenvalue weighted by Crippen LogP contribution is -2.41. The Morgan fingerprint density at radius 2 is 2.05 bits per heavy atom. The smallest absolute Gasteiger partial charge is 0.243 e. The average Bonchev–Trinajstić information content (AvgIpc) is 2.41. The Balaban J connectivity index is 2.28. The molecule has 7 heteroatoms. The molecule has 19 heavy (non-hydrogen) atoms. The molecule has 0 aromatic heterocycles. The van der Waals surface area contributed by atoms with Gasteiger partial charge in [0.2, 0.25) is 10.0 Å². The van der Waals surface area contributed by atoms with Crippen LogP contribution in [0.1, 0.15) is 12.8 Å². The maximum atomic E-state index is 12.5. The molecule has 0 radical (unpaired) electrons. The largest absolute Gasteiger partial charge is 0.330 e. The Labute approximate surface area is 123 Å². The number of piperidine rings is 1. The van der Waals surface area contributed by atoms with Gasteiger partial charge in [-0.3, -0.25) is 0 Å². The number of nitrogens with zero attached hydrogens (tertiary/aromatic N) is 1. The average molecular weight is 323 g/mol. The van der Waals surface area contributed by atoms with Gasteiger partial charge in [-0.25, -0.2) is 8.42 Å². The Hall–Kier alpha value is -0.330. The third-order valence-electron chi connectivity index (χ3n) is 3.34. The highest BCUT2D eigenvalue weighted by atomic mass is 35.5. The summed E-state index contributed by atoms with van der Waals surface area (Å²) in [5.41, 5.74) is 5.63. The first-order chi connectivity index (χ1) is 8.95. The zero-order valence-electron chi connectivity index (χ0n) is 10.4. The Bertz CT molecular complexity index is 563. The van der Waals surface area contributed by atoms with Crippen molar-refractivity contribution in [3.63, 3.8) is 0 Å². The van der Waals surface area contributed by atoms with Crippen molar-refractivity contribution < 1.29 is 8.42 Å². The molecule has 1 fully saturated rings. The van der Waals surface area contributed by atoms with E-state index < -0.39 is 10.0 Å². The van der Waals surface area contributed by atoms with Crippen LogP contribution in [0, 0.1) is 5.92 Å². The van der Waals surface area contributed by atoms with Gasteiger partial charge in [0.05, 0.1) is 14.9 Å². The molecule has 1 aromatic rings.